The fraction of sp³-hybridized carbons (Fsp3) is 0.333. The standard InChI is InChI=1S/C12H17N3O2/c1-4-7-13-8-14(11(16)5-2)10-15(9-13)12(17)6-3/h4-6H,1-3,7-10H2. The summed E-state index contributed by atoms with van der Waals surface area (Å²) in [7, 11) is 0. The van der Waals surface area contributed by atoms with Gasteiger partial charge in [-0.05, 0) is 12.2 Å². The van der Waals surface area contributed by atoms with Crippen molar-refractivity contribution in [2.45, 2.75) is 0 Å². The number of hydrogen-bond donors (Lipinski definition) is 0. The summed E-state index contributed by atoms with van der Waals surface area (Å²) in [6.45, 7) is 12.4. The Labute approximate surface area is 101 Å². The van der Waals surface area contributed by atoms with Gasteiger partial charge in [0.25, 0.3) is 0 Å². The Hall–Kier alpha value is -1.88. The van der Waals surface area contributed by atoms with Gasteiger partial charge >= 0.3 is 0 Å². The van der Waals surface area contributed by atoms with E-state index in [-0.39, 0.29) is 18.5 Å². The summed E-state index contributed by atoms with van der Waals surface area (Å²) in [6, 6.07) is 0. The second-order valence-corrected chi connectivity index (χ2v) is 3.73. The number of carbonyl (C=O) groups is 2. The predicted molar refractivity (Wildman–Crippen MR) is 65.6 cm³/mol. The Bertz CT molecular complexity index is 324. The lowest BCUT2D eigenvalue weighted by atomic mass is 10.4. The summed E-state index contributed by atoms with van der Waals surface area (Å²) in [4.78, 5) is 28.1. The Kier molecular flexibility index (Phi) is 4.66. The molecule has 1 heterocycles. The molecule has 1 saturated heterocycles. The molecule has 0 N–H and O–H groups in total. The van der Waals surface area contributed by atoms with Crippen molar-refractivity contribution in [2.24, 2.45) is 0 Å². The van der Waals surface area contributed by atoms with Crippen LogP contribution in [0.25, 0.3) is 0 Å². The Morgan fingerprint density at radius 1 is 0.941 bits per heavy atom. The first-order valence-electron chi connectivity index (χ1n) is 5.28. The molecule has 1 aliphatic heterocycles. The minimum atomic E-state index is -0.194. The van der Waals surface area contributed by atoms with Crippen molar-refractivity contribution >= 4 is 11.8 Å². The average Bonchev–Trinajstić information content (AvgIpc) is 2.36. The Morgan fingerprint density at radius 2 is 1.41 bits per heavy atom. The summed E-state index contributed by atoms with van der Waals surface area (Å²) in [5.41, 5.74) is 0. The van der Waals surface area contributed by atoms with Gasteiger partial charge in [-0.15, -0.1) is 6.58 Å². The van der Waals surface area contributed by atoms with Crippen LogP contribution in [0.15, 0.2) is 38.0 Å². The molecule has 0 saturated carbocycles. The van der Waals surface area contributed by atoms with Gasteiger partial charge in [0.15, 0.2) is 0 Å². The van der Waals surface area contributed by atoms with Crippen molar-refractivity contribution in [1.29, 1.82) is 0 Å². The van der Waals surface area contributed by atoms with Gasteiger partial charge < -0.3 is 9.80 Å². The van der Waals surface area contributed by atoms with Crippen molar-refractivity contribution < 1.29 is 9.59 Å². The van der Waals surface area contributed by atoms with Crippen molar-refractivity contribution in [1.82, 2.24) is 14.7 Å². The van der Waals surface area contributed by atoms with Gasteiger partial charge in [0.05, 0.1) is 20.0 Å². The zero-order valence-electron chi connectivity index (χ0n) is 9.84. The monoisotopic (exact) mass is 235 g/mol. The Balaban J connectivity index is 2.78. The lowest BCUT2D eigenvalue weighted by Crippen LogP contribution is -2.57. The molecule has 2 amide bonds. The average molecular weight is 235 g/mol. The summed E-state index contributed by atoms with van der Waals surface area (Å²) >= 11 is 0. The highest BCUT2D eigenvalue weighted by Gasteiger charge is 2.26. The minimum Gasteiger partial charge on any atom is -0.308 e. The quantitative estimate of drug-likeness (QED) is 0.523. The number of amides is 2. The maximum absolute atomic E-state index is 11.6. The normalized spacial score (nSPS) is 16.5. The second kappa shape index (κ2) is 6.00. The first-order valence-corrected chi connectivity index (χ1v) is 5.28. The van der Waals surface area contributed by atoms with Crippen molar-refractivity contribution in [3.05, 3.63) is 38.0 Å². The first kappa shape index (κ1) is 13.2. The molecule has 5 nitrogen and oxygen atoms in total. The SMILES string of the molecule is C=CCN1CN(C(=O)C=C)CN(C(=O)C=C)C1. The van der Waals surface area contributed by atoms with Crippen LogP contribution in [-0.2, 0) is 9.59 Å². The van der Waals surface area contributed by atoms with Crippen LogP contribution in [0.1, 0.15) is 0 Å². The van der Waals surface area contributed by atoms with Crippen molar-refractivity contribution in [2.75, 3.05) is 26.6 Å². The highest BCUT2D eigenvalue weighted by atomic mass is 16.2. The molecular formula is C12H17N3O2. The predicted octanol–water partition coefficient (Wildman–Crippen LogP) is 0.390. The summed E-state index contributed by atoms with van der Waals surface area (Å²) in [5, 5.41) is 0. The van der Waals surface area contributed by atoms with Crippen LogP contribution in [0.3, 0.4) is 0 Å². The molecule has 92 valence electrons. The first-order chi connectivity index (χ1) is 8.12. The highest BCUT2D eigenvalue weighted by Crippen LogP contribution is 2.08. The van der Waals surface area contributed by atoms with Gasteiger partial charge in [-0.25, -0.2) is 0 Å². The fourth-order valence-electron chi connectivity index (χ4n) is 1.66. The van der Waals surface area contributed by atoms with Crippen LogP contribution in [0.5, 0.6) is 0 Å². The zero-order chi connectivity index (χ0) is 12.8. The lowest BCUT2D eigenvalue weighted by Gasteiger charge is -2.41. The molecule has 0 spiro atoms. The van der Waals surface area contributed by atoms with Crippen LogP contribution >= 0.6 is 0 Å². The van der Waals surface area contributed by atoms with E-state index in [1.54, 1.807) is 15.9 Å². The highest BCUT2D eigenvalue weighted by molar-refractivity contribution is 5.89. The van der Waals surface area contributed by atoms with E-state index in [0.717, 1.165) is 0 Å². The molecule has 5 heteroatoms. The van der Waals surface area contributed by atoms with Crippen LogP contribution in [0, 0.1) is 0 Å². The fourth-order valence-corrected chi connectivity index (χ4v) is 1.66. The van der Waals surface area contributed by atoms with E-state index < -0.39 is 0 Å². The smallest absolute Gasteiger partial charge is 0.248 e. The molecular weight excluding hydrogens is 218 g/mol. The van der Waals surface area contributed by atoms with Gasteiger partial charge in [-0.1, -0.05) is 19.2 Å². The van der Waals surface area contributed by atoms with Gasteiger partial charge in [0.2, 0.25) is 11.8 Å². The number of hydrogen-bond acceptors (Lipinski definition) is 3. The third kappa shape index (κ3) is 3.29. The van der Waals surface area contributed by atoms with Crippen molar-refractivity contribution in [3.8, 4) is 0 Å². The summed E-state index contributed by atoms with van der Waals surface area (Å²) in [5.74, 6) is -0.388. The Morgan fingerprint density at radius 3 is 1.76 bits per heavy atom. The van der Waals surface area contributed by atoms with E-state index in [1.165, 1.54) is 12.2 Å². The summed E-state index contributed by atoms with van der Waals surface area (Å²) < 4.78 is 0. The van der Waals surface area contributed by atoms with E-state index in [0.29, 0.717) is 19.9 Å². The maximum atomic E-state index is 11.6. The molecule has 0 atom stereocenters. The van der Waals surface area contributed by atoms with E-state index in [1.807, 2.05) is 4.90 Å². The maximum Gasteiger partial charge on any atom is 0.248 e. The molecule has 0 bridgehead atoms. The summed E-state index contributed by atoms with van der Waals surface area (Å²) in [6.07, 6.45) is 4.22. The van der Waals surface area contributed by atoms with E-state index in [2.05, 4.69) is 19.7 Å². The number of nitrogens with zero attached hydrogens (tertiary/aromatic N) is 3. The van der Waals surface area contributed by atoms with E-state index >= 15 is 0 Å². The molecule has 0 aliphatic carbocycles. The van der Waals surface area contributed by atoms with Gasteiger partial charge in [0.1, 0.15) is 0 Å². The minimum absolute atomic E-state index is 0.194. The topological polar surface area (TPSA) is 43.9 Å². The molecule has 0 aromatic rings. The molecule has 1 fully saturated rings. The zero-order valence-corrected chi connectivity index (χ0v) is 9.84. The molecule has 1 aliphatic rings. The van der Waals surface area contributed by atoms with Gasteiger partial charge in [0, 0.05) is 6.54 Å². The molecule has 0 radical (unpaired) electrons. The van der Waals surface area contributed by atoms with Crippen LogP contribution in [0.4, 0.5) is 0 Å². The number of carbonyl (C=O) groups excluding carboxylic acids is 2. The van der Waals surface area contributed by atoms with Crippen LogP contribution in [0.2, 0.25) is 0 Å². The lowest BCUT2D eigenvalue weighted by molar-refractivity contribution is -0.145. The third-order valence-corrected chi connectivity index (χ3v) is 2.44. The molecule has 0 aromatic heterocycles. The van der Waals surface area contributed by atoms with Crippen molar-refractivity contribution in [3.63, 3.8) is 0 Å². The largest absolute Gasteiger partial charge is 0.308 e. The molecule has 17 heavy (non-hydrogen) atoms. The van der Waals surface area contributed by atoms with E-state index in [9.17, 15) is 9.59 Å². The van der Waals surface area contributed by atoms with E-state index in [4.69, 9.17) is 0 Å². The van der Waals surface area contributed by atoms with Gasteiger partial charge in [-0.2, -0.15) is 0 Å². The third-order valence-electron chi connectivity index (χ3n) is 2.44. The van der Waals surface area contributed by atoms with Gasteiger partial charge in [-0.3, -0.25) is 14.5 Å². The number of rotatable bonds is 4. The second-order valence-electron chi connectivity index (χ2n) is 3.73. The molecule has 1 rings (SSSR count). The molecule has 0 aromatic carbocycles. The van der Waals surface area contributed by atoms with Crippen LogP contribution < -0.4 is 0 Å². The van der Waals surface area contributed by atoms with Crippen LogP contribution in [-0.4, -0.2) is 53.1 Å². The molecule has 0 unspecified atom stereocenters.